The predicted octanol–water partition coefficient (Wildman–Crippen LogP) is 18.7. The molecule has 9 nitrogen and oxygen atoms in total. The van der Waals surface area contributed by atoms with Crippen molar-refractivity contribution in [3.63, 3.8) is 0 Å². The van der Waals surface area contributed by atoms with E-state index in [9.17, 15) is 19.0 Å². The Morgan fingerprint density at radius 1 is 0.479 bits per heavy atom. The Morgan fingerprint density at radius 2 is 0.836 bits per heavy atom. The van der Waals surface area contributed by atoms with E-state index in [-0.39, 0.29) is 31.5 Å². The fourth-order valence-electron chi connectivity index (χ4n) is 8.65. The highest BCUT2D eigenvalue weighted by Gasteiger charge is 2.30. The Labute approximate surface area is 451 Å². The molecule has 0 aromatic carbocycles. The summed E-state index contributed by atoms with van der Waals surface area (Å²) in [6.45, 7) is 6.98. The number of phosphoric ester groups is 1. The van der Waals surface area contributed by atoms with Gasteiger partial charge in [0.05, 0.1) is 33.8 Å². The molecule has 0 aromatic heterocycles. The van der Waals surface area contributed by atoms with Crippen molar-refractivity contribution in [2.24, 2.45) is 0 Å². The summed E-state index contributed by atoms with van der Waals surface area (Å²) < 4.78 is 30.7. The number of quaternary nitrogens is 1. The highest BCUT2D eigenvalue weighted by molar-refractivity contribution is 7.47. The molecule has 0 aliphatic rings. The molecule has 0 bridgehead atoms. The van der Waals surface area contributed by atoms with Crippen molar-refractivity contribution in [1.82, 2.24) is 5.32 Å². The van der Waals surface area contributed by atoms with Gasteiger partial charge in [-0.2, -0.15) is 0 Å². The molecule has 426 valence electrons. The van der Waals surface area contributed by atoms with E-state index in [1.807, 2.05) is 33.3 Å². The number of amides is 1. The Balaban J connectivity index is 5.32. The largest absolute Gasteiger partial charge is 0.472 e. The van der Waals surface area contributed by atoms with Gasteiger partial charge in [-0.15, -0.1) is 0 Å². The number of nitrogens with one attached hydrogen (secondary N) is 1. The number of likely N-dealkylation sites (N-methyl/N-ethyl adjacent to an activating group) is 1. The molecule has 0 aromatic rings. The zero-order valence-electron chi connectivity index (χ0n) is 48.6. The number of carbonyl (C=O) groups excluding carboxylic acids is 2. The third-order valence-corrected chi connectivity index (χ3v) is 14.4. The average Bonchev–Trinajstić information content (AvgIpc) is 3.35. The first-order valence-electron chi connectivity index (χ1n) is 30.6. The van der Waals surface area contributed by atoms with Gasteiger partial charge in [-0.25, -0.2) is 4.57 Å². The lowest BCUT2D eigenvalue weighted by molar-refractivity contribution is -0.870. The summed E-state index contributed by atoms with van der Waals surface area (Å²) in [7, 11) is 1.48. The van der Waals surface area contributed by atoms with Crippen LogP contribution in [0.1, 0.15) is 278 Å². The van der Waals surface area contributed by atoms with Crippen molar-refractivity contribution in [2.45, 2.75) is 290 Å². The van der Waals surface area contributed by atoms with Crippen molar-refractivity contribution in [3.05, 3.63) is 60.8 Å². The second kappa shape index (κ2) is 53.1. The summed E-state index contributed by atoms with van der Waals surface area (Å²) >= 11 is 0. The molecule has 1 amide bonds. The maximum Gasteiger partial charge on any atom is 0.472 e. The second-order valence-corrected chi connectivity index (χ2v) is 23.3. The maximum absolute atomic E-state index is 13.5. The molecule has 0 saturated carbocycles. The van der Waals surface area contributed by atoms with Crippen LogP contribution in [0.5, 0.6) is 0 Å². The summed E-state index contributed by atoms with van der Waals surface area (Å²) in [5.74, 6) is -0.525. The molecule has 10 heteroatoms. The molecule has 0 fully saturated rings. The molecule has 0 spiro atoms. The lowest BCUT2D eigenvalue weighted by Crippen LogP contribution is -2.47. The van der Waals surface area contributed by atoms with E-state index < -0.39 is 20.0 Å². The van der Waals surface area contributed by atoms with E-state index in [1.54, 1.807) is 0 Å². The van der Waals surface area contributed by atoms with Gasteiger partial charge in [0, 0.05) is 12.8 Å². The number of carbonyl (C=O) groups is 2. The van der Waals surface area contributed by atoms with Gasteiger partial charge in [0.1, 0.15) is 19.3 Å². The normalized spacial score (nSPS) is 14.1. The number of unbranched alkanes of at least 4 members (excludes halogenated alkanes) is 31. The Morgan fingerprint density at radius 3 is 1.29 bits per heavy atom. The number of rotatable bonds is 55. The van der Waals surface area contributed by atoms with Gasteiger partial charge < -0.3 is 19.4 Å². The summed E-state index contributed by atoms with van der Waals surface area (Å²) in [4.78, 5) is 37.7. The molecule has 73 heavy (non-hydrogen) atoms. The molecule has 3 atom stereocenters. The molecule has 0 aliphatic carbocycles. The Kier molecular flexibility index (Phi) is 51.5. The fraction of sp³-hybridized carbons (Fsp3) is 0.810. The second-order valence-electron chi connectivity index (χ2n) is 21.9. The van der Waals surface area contributed by atoms with Crippen molar-refractivity contribution < 1.29 is 37.3 Å². The van der Waals surface area contributed by atoms with Crippen LogP contribution in [0.3, 0.4) is 0 Å². The number of hydrogen-bond acceptors (Lipinski definition) is 6. The summed E-state index contributed by atoms with van der Waals surface area (Å²) in [5.41, 5.74) is 0. The molecular weight excluding hydrogens is 928 g/mol. The lowest BCUT2D eigenvalue weighted by atomic mass is 10.0. The molecular formula is C63H118N2O7P+. The maximum atomic E-state index is 13.5. The minimum atomic E-state index is -4.45. The van der Waals surface area contributed by atoms with Gasteiger partial charge in [0.25, 0.3) is 0 Å². The third kappa shape index (κ3) is 54.3. The average molecular weight is 1050 g/mol. The summed E-state index contributed by atoms with van der Waals surface area (Å²) in [5, 5.41) is 3.05. The first kappa shape index (κ1) is 70.7. The van der Waals surface area contributed by atoms with Gasteiger partial charge in [0.15, 0.2) is 0 Å². The minimum absolute atomic E-state index is 0.0354. The number of esters is 1. The minimum Gasteiger partial charge on any atom is -0.456 e. The van der Waals surface area contributed by atoms with E-state index in [0.29, 0.717) is 17.4 Å². The third-order valence-electron chi connectivity index (χ3n) is 13.4. The van der Waals surface area contributed by atoms with Crippen LogP contribution in [-0.2, 0) is 27.9 Å². The highest BCUT2D eigenvalue weighted by atomic mass is 31.2. The van der Waals surface area contributed by atoms with Gasteiger partial charge in [-0.05, 0) is 96.0 Å². The zero-order chi connectivity index (χ0) is 53.6. The summed E-state index contributed by atoms with van der Waals surface area (Å²) in [6, 6.07) is -0.858. The number of allylic oxidation sites excluding steroid dienone is 9. The van der Waals surface area contributed by atoms with Crippen molar-refractivity contribution in [1.29, 1.82) is 0 Å². The van der Waals surface area contributed by atoms with E-state index in [4.69, 9.17) is 13.8 Å². The topological polar surface area (TPSA) is 111 Å². The number of hydrogen-bond donors (Lipinski definition) is 2. The van der Waals surface area contributed by atoms with Crippen LogP contribution in [0.2, 0.25) is 0 Å². The molecule has 2 N–H and O–H groups in total. The van der Waals surface area contributed by atoms with Gasteiger partial charge in [-0.3, -0.25) is 18.6 Å². The van der Waals surface area contributed by atoms with Crippen LogP contribution in [0, 0.1) is 0 Å². The lowest BCUT2D eigenvalue weighted by Gasteiger charge is -2.27. The SMILES string of the molecule is CCCCC/C=C\C/C=C\C/C=C\CCCCCCCCC(=O)OC(/C=C/CCCCCCCCCCCC)C(COP(=O)(O)OCC[N+](C)(C)C)NC(=O)CCCCCCC/C=C/CCCCCCCCC. The quantitative estimate of drug-likeness (QED) is 0.0205. The predicted molar refractivity (Wildman–Crippen MR) is 314 cm³/mol. The first-order valence-corrected chi connectivity index (χ1v) is 32.1. The van der Waals surface area contributed by atoms with Crippen LogP contribution in [0.25, 0.3) is 0 Å². The highest BCUT2D eigenvalue weighted by Crippen LogP contribution is 2.43. The van der Waals surface area contributed by atoms with E-state index in [2.05, 4.69) is 74.7 Å². The van der Waals surface area contributed by atoms with Crippen molar-refractivity contribution in [3.8, 4) is 0 Å². The van der Waals surface area contributed by atoms with Crippen LogP contribution in [0.15, 0.2) is 60.8 Å². The molecule has 0 rings (SSSR count). The molecule has 3 unspecified atom stereocenters. The van der Waals surface area contributed by atoms with Gasteiger partial charge in [-0.1, -0.05) is 230 Å². The number of phosphoric acid groups is 1. The smallest absolute Gasteiger partial charge is 0.456 e. The van der Waals surface area contributed by atoms with Gasteiger partial charge >= 0.3 is 13.8 Å². The summed E-state index contributed by atoms with van der Waals surface area (Å²) in [6.07, 6.45) is 66.4. The van der Waals surface area contributed by atoms with Crippen LogP contribution in [0.4, 0.5) is 0 Å². The number of ether oxygens (including phenoxy) is 1. The van der Waals surface area contributed by atoms with Gasteiger partial charge in [0.2, 0.25) is 5.91 Å². The Hall–Kier alpha value is -2.29. The standard InChI is InChI=1S/C63H117N2O7P/c1-7-10-13-16-19-22-25-28-30-32-33-34-36-38-41-44-47-50-53-56-63(67)72-61(54-51-48-45-42-39-27-24-21-18-15-12-9-3)60(59-71-73(68,69)70-58-57-65(4,5)6)64-62(66)55-52-49-46-43-40-37-35-31-29-26-23-20-17-14-11-8-2/h19,22,28,30-31,33-35,51,54,60-61H,7-18,20-21,23-27,29,32,36-50,52-53,55-59H2,1-6H3,(H-,64,66,68,69)/p+1/b22-19-,30-28-,34-33-,35-31+,54-51+. The van der Waals surface area contributed by atoms with E-state index in [0.717, 1.165) is 103 Å². The van der Waals surface area contributed by atoms with E-state index in [1.165, 1.54) is 141 Å². The molecule has 0 aliphatic heterocycles. The van der Waals surface area contributed by atoms with Crippen molar-refractivity contribution >= 4 is 19.7 Å². The van der Waals surface area contributed by atoms with E-state index >= 15 is 0 Å². The fourth-order valence-corrected chi connectivity index (χ4v) is 9.38. The first-order chi connectivity index (χ1) is 35.4. The molecule has 0 radical (unpaired) electrons. The van der Waals surface area contributed by atoms with Crippen LogP contribution >= 0.6 is 7.82 Å². The molecule has 0 saturated heterocycles. The van der Waals surface area contributed by atoms with Crippen molar-refractivity contribution in [2.75, 3.05) is 40.9 Å². The Bertz CT molecular complexity index is 1440. The molecule has 0 heterocycles. The zero-order valence-corrected chi connectivity index (χ0v) is 49.5. The monoisotopic (exact) mass is 1050 g/mol. The number of nitrogens with zero attached hydrogens (tertiary/aromatic N) is 1. The van der Waals surface area contributed by atoms with Crippen LogP contribution < -0.4 is 5.32 Å². The van der Waals surface area contributed by atoms with Crippen LogP contribution in [-0.4, -0.2) is 74.3 Å².